The maximum atomic E-state index is 3.99. The highest BCUT2D eigenvalue weighted by Gasteiger charge is 1.96. The number of hydrogen-bond donors (Lipinski definition) is 1. The van der Waals surface area contributed by atoms with Crippen molar-refractivity contribution in [3.8, 4) is 0 Å². The molecule has 0 aromatic heterocycles. The fourth-order valence-electron chi connectivity index (χ4n) is 1.28. The molecule has 0 radical (unpaired) electrons. The molecular formula is C16H19N. The third kappa shape index (κ3) is 4.56. The minimum atomic E-state index is 0.833. The lowest BCUT2D eigenvalue weighted by Crippen LogP contribution is -2.08. The normalized spacial score (nSPS) is 11.5. The summed E-state index contributed by atoms with van der Waals surface area (Å²) < 4.78 is 0. The summed E-state index contributed by atoms with van der Waals surface area (Å²) in [6.45, 7) is 12.0. The molecule has 0 fully saturated rings. The first-order chi connectivity index (χ1) is 8.13. The Bertz CT molecular complexity index is 450. The molecule has 0 heterocycles. The molecule has 0 spiro atoms. The van der Waals surface area contributed by atoms with Gasteiger partial charge in [-0.05, 0) is 25.5 Å². The van der Waals surface area contributed by atoms with Crippen molar-refractivity contribution in [2.75, 3.05) is 0 Å². The van der Waals surface area contributed by atoms with Crippen LogP contribution in [0.3, 0.4) is 0 Å². The standard InChI is InChI=1S/C16H19N/c1-5-13(2)11-12-14(3)17-15(4)16-9-7-6-8-10-16/h5-12,17H,3-4H2,1-2H3/b12-11-,13-5-. The van der Waals surface area contributed by atoms with Gasteiger partial charge in [-0.3, -0.25) is 0 Å². The van der Waals surface area contributed by atoms with E-state index in [4.69, 9.17) is 0 Å². The molecule has 0 aliphatic heterocycles. The summed E-state index contributed by atoms with van der Waals surface area (Å²) in [7, 11) is 0. The third-order valence-corrected chi connectivity index (χ3v) is 2.44. The molecule has 1 nitrogen and oxygen atoms in total. The van der Waals surface area contributed by atoms with Gasteiger partial charge in [0.15, 0.2) is 0 Å². The van der Waals surface area contributed by atoms with Crippen LogP contribution < -0.4 is 5.32 Å². The van der Waals surface area contributed by atoms with E-state index >= 15 is 0 Å². The summed E-state index contributed by atoms with van der Waals surface area (Å²) in [4.78, 5) is 0. The van der Waals surface area contributed by atoms with Crippen molar-refractivity contribution in [2.45, 2.75) is 13.8 Å². The van der Waals surface area contributed by atoms with Crippen molar-refractivity contribution in [3.05, 3.63) is 78.6 Å². The van der Waals surface area contributed by atoms with E-state index in [2.05, 4.69) is 31.5 Å². The van der Waals surface area contributed by atoms with Crippen molar-refractivity contribution in [2.24, 2.45) is 0 Å². The van der Waals surface area contributed by atoms with E-state index in [-0.39, 0.29) is 0 Å². The Morgan fingerprint density at radius 1 is 1.12 bits per heavy atom. The van der Waals surface area contributed by atoms with Gasteiger partial charge in [0.25, 0.3) is 0 Å². The number of benzene rings is 1. The zero-order chi connectivity index (χ0) is 12.7. The van der Waals surface area contributed by atoms with Gasteiger partial charge in [0.2, 0.25) is 0 Å². The van der Waals surface area contributed by atoms with Crippen LogP contribution in [0.4, 0.5) is 0 Å². The van der Waals surface area contributed by atoms with Crippen LogP contribution in [0.2, 0.25) is 0 Å². The highest BCUT2D eigenvalue weighted by atomic mass is 14.9. The number of hydrogen-bond acceptors (Lipinski definition) is 1. The Balaban J connectivity index is 2.59. The number of rotatable bonds is 5. The molecule has 17 heavy (non-hydrogen) atoms. The molecule has 0 aliphatic rings. The monoisotopic (exact) mass is 225 g/mol. The SMILES string of the molecule is C=C(/C=C\C(C)=C/C)NC(=C)c1ccccc1. The van der Waals surface area contributed by atoms with Crippen LogP contribution in [-0.4, -0.2) is 0 Å². The van der Waals surface area contributed by atoms with Gasteiger partial charge in [-0.1, -0.05) is 61.2 Å². The zero-order valence-electron chi connectivity index (χ0n) is 10.5. The van der Waals surface area contributed by atoms with E-state index in [1.54, 1.807) is 0 Å². The van der Waals surface area contributed by atoms with E-state index in [9.17, 15) is 0 Å². The topological polar surface area (TPSA) is 12.0 Å². The summed E-state index contributed by atoms with van der Waals surface area (Å²) in [6, 6.07) is 10.0. The minimum absolute atomic E-state index is 0.833. The van der Waals surface area contributed by atoms with Crippen molar-refractivity contribution >= 4 is 5.70 Å². The highest BCUT2D eigenvalue weighted by molar-refractivity contribution is 5.63. The van der Waals surface area contributed by atoms with Gasteiger partial charge in [-0.25, -0.2) is 0 Å². The lowest BCUT2D eigenvalue weighted by molar-refractivity contribution is 1.15. The second-order valence-electron chi connectivity index (χ2n) is 3.86. The second-order valence-corrected chi connectivity index (χ2v) is 3.86. The van der Waals surface area contributed by atoms with E-state index in [0.29, 0.717) is 0 Å². The van der Waals surface area contributed by atoms with E-state index in [0.717, 1.165) is 17.0 Å². The Labute approximate surface area is 104 Å². The molecule has 0 atom stereocenters. The van der Waals surface area contributed by atoms with Crippen LogP contribution in [0, 0.1) is 0 Å². The molecule has 0 saturated heterocycles. The Hall–Kier alpha value is -2.02. The smallest absolute Gasteiger partial charge is 0.0384 e. The Kier molecular flexibility index (Phi) is 5.02. The number of nitrogens with one attached hydrogen (secondary N) is 1. The first-order valence-corrected chi connectivity index (χ1v) is 5.64. The molecule has 0 bridgehead atoms. The Morgan fingerprint density at radius 3 is 2.35 bits per heavy atom. The average Bonchev–Trinajstić information content (AvgIpc) is 2.36. The van der Waals surface area contributed by atoms with Gasteiger partial charge in [0, 0.05) is 11.4 Å². The van der Waals surface area contributed by atoms with Gasteiger partial charge in [0.05, 0.1) is 0 Å². The molecule has 88 valence electrons. The number of allylic oxidation sites excluding steroid dienone is 4. The lowest BCUT2D eigenvalue weighted by Gasteiger charge is -2.09. The first kappa shape index (κ1) is 13.0. The third-order valence-electron chi connectivity index (χ3n) is 2.44. The molecular weight excluding hydrogens is 206 g/mol. The van der Waals surface area contributed by atoms with Gasteiger partial charge in [-0.2, -0.15) is 0 Å². The summed E-state index contributed by atoms with van der Waals surface area (Å²) in [6.07, 6.45) is 6.02. The molecule has 0 unspecified atom stereocenters. The van der Waals surface area contributed by atoms with E-state index in [1.807, 2.05) is 49.4 Å². The van der Waals surface area contributed by atoms with Crippen LogP contribution >= 0.6 is 0 Å². The van der Waals surface area contributed by atoms with Gasteiger partial charge in [0.1, 0.15) is 0 Å². The van der Waals surface area contributed by atoms with Gasteiger partial charge in [-0.15, -0.1) is 0 Å². The summed E-state index contributed by atoms with van der Waals surface area (Å²) in [5.74, 6) is 0. The molecule has 1 heteroatoms. The Morgan fingerprint density at radius 2 is 1.76 bits per heavy atom. The molecule has 1 rings (SSSR count). The molecule has 1 aromatic rings. The largest absolute Gasteiger partial charge is 0.356 e. The predicted octanol–water partition coefficient (Wildman–Crippen LogP) is 4.28. The maximum Gasteiger partial charge on any atom is 0.0384 e. The van der Waals surface area contributed by atoms with Crippen LogP contribution in [0.15, 0.2) is 73.0 Å². The van der Waals surface area contributed by atoms with Gasteiger partial charge >= 0.3 is 0 Å². The average molecular weight is 225 g/mol. The van der Waals surface area contributed by atoms with Crippen molar-refractivity contribution in [1.82, 2.24) is 5.32 Å². The summed E-state index contributed by atoms with van der Waals surface area (Å²) in [5.41, 5.74) is 3.97. The van der Waals surface area contributed by atoms with E-state index < -0.39 is 0 Å². The first-order valence-electron chi connectivity index (χ1n) is 5.64. The maximum absolute atomic E-state index is 3.99. The summed E-state index contributed by atoms with van der Waals surface area (Å²) >= 11 is 0. The van der Waals surface area contributed by atoms with Crippen LogP contribution in [-0.2, 0) is 0 Å². The fourth-order valence-corrected chi connectivity index (χ4v) is 1.28. The van der Waals surface area contributed by atoms with Crippen LogP contribution in [0.5, 0.6) is 0 Å². The van der Waals surface area contributed by atoms with Crippen LogP contribution in [0.1, 0.15) is 19.4 Å². The van der Waals surface area contributed by atoms with E-state index in [1.165, 1.54) is 5.57 Å². The van der Waals surface area contributed by atoms with Crippen molar-refractivity contribution < 1.29 is 0 Å². The highest BCUT2D eigenvalue weighted by Crippen LogP contribution is 2.10. The second kappa shape index (κ2) is 6.54. The molecule has 0 amide bonds. The van der Waals surface area contributed by atoms with Gasteiger partial charge < -0.3 is 5.32 Å². The fraction of sp³-hybridized carbons (Fsp3) is 0.125. The molecule has 1 aromatic carbocycles. The molecule has 0 saturated carbocycles. The van der Waals surface area contributed by atoms with Crippen LogP contribution in [0.25, 0.3) is 5.70 Å². The lowest BCUT2D eigenvalue weighted by atomic mass is 10.1. The summed E-state index contributed by atoms with van der Waals surface area (Å²) in [5, 5.41) is 3.17. The quantitative estimate of drug-likeness (QED) is 0.737. The molecule has 0 aliphatic carbocycles. The zero-order valence-corrected chi connectivity index (χ0v) is 10.5. The molecule has 1 N–H and O–H groups in total. The van der Waals surface area contributed by atoms with Crippen molar-refractivity contribution in [1.29, 1.82) is 0 Å². The predicted molar refractivity (Wildman–Crippen MR) is 76.3 cm³/mol. The van der Waals surface area contributed by atoms with Crippen molar-refractivity contribution in [3.63, 3.8) is 0 Å². The minimum Gasteiger partial charge on any atom is -0.356 e.